The zero-order valence-corrected chi connectivity index (χ0v) is 20.0. The maximum atomic E-state index is 11.1. The highest BCUT2D eigenvalue weighted by Gasteiger charge is 2.59. The van der Waals surface area contributed by atoms with E-state index in [4.69, 9.17) is 8.22 Å². The molecule has 7 atom stereocenters. The Morgan fingerprint density at radius 1 is 1.13 bits per heavy atom. The zero-order chi connectivity index (χ0) is 26.9. The highest BCUT2D eigenvalue weighted by atomic mass is 16.3. The van der Waals surface area contributed by atoms with E-state index in [1.54, 1.807) is 0 Å². The molecule has 0 bridgehead atoms. The maximum Gasteiger partial charge on any atom is 0.0594 e. The molecular weight excluding hydrogens is 364 g/mol. The van der Waals surface area contributed by atoms with Crippen LogP contribution in [0.3, 0.4) is 0 Å². The van der Waals surface area contributed by atoms with Crippen molar-refractivity contribution in [3.63, 3.8) is 0 Å². The Bertz CT molecular complexity index is 896. The molecule has 0 amide bonds. The van der Waals surface area contributed by atoms with Gasteiger partial charge >= 0.3 is 0 Å². The molecule has 0 unspecified atom stereocenters. The average Bonchev–Trinajstić information content (AvgIpc) is 3.09. The van der Waals surface area contributed by atoms with Gasteiger partial charge in [0.15, 0.2) is 0 Å². The second-order valence-corrected chi connectivity index (χ2v) is 12.0. The van der Waals surface area contributed by atoms with Crippen LogP contribution in [-0.2, 0) is 0 Å². The summed E-state index contributed by atoms with van der Waals surface area (Å²) in [7, 11) is 0. The lowest BCUT2D eigenvalue weighted by Crippen LogP contribution is -2.53. The number of hydrogen-bond donors (Lipinski definition) is 1. The van der Waals surface area contributed by atoms with Gasteiger partial charge in [-0.05, 0) is 118 Å². The summed E-state index contributed by atoms with van der Waals surface area (Å²) < 4.78 is 50.4. The van der Waals surface area contributed by atoms with Crippen molar-refractivity contribution in [1.82, 2.24) is 0 Å². The Balaban J connectivity index is 1.70. The summed E-state index contributed by atoms with van der Waals surface area (Å²) in [5.74, 6) is 1.34. The fraction of sp³-hybridized carbons (Fsp3) is 0.862. The number of hydrogen-bond acceptors (Lipinski definition) is 1. The van der Waals surface area contributed by atoms with E-state index in [-0.39, 0.29) is 11.8 Å². The summed E-state index contributed by atoms with van der Waals surface area (Å²) in [6.07, 6.45) is 10.1. The molecule has 0 aromatic carbocycles. The van der Waals surface area contributed by atoms with E-state index in [1.807, 2.05) is 0 Å². The SMILES string of the molecule is [2H]C([2H])([2H])C1(C([2H])([2H])[2H])[C@@H](O)CC[C@]2(C)C3=C(CC[C@@H]12)[C@@H]1CC[C@H]([C@H](C)CCC=C(C)C)[C@@]1(C)CC3. The van der Waals surface area contributed by atoms with Gasteiger partial charge in [-0.1, -0.05) is 57.3 Å². The van der Waals surface area contributed by atoms with Crippen molar-refractivity contribution in [2.24, 2.45) is 39.9 Å². The molecule has 2 fully saturated rings. The van der Waals surface area contributed by atoms with Crippen LogP contribution >= 0.6 is 0 Å². The van der Waals surface area contributed by atoms with Crippen molar-refractivity contribution in [1.29, 1.82) is 0 Å². The summed E-state index contributed by atoms with van der Waals surface area (Å²) in [6, 6.07) is 0. The molecule has 0 radical (unpaired) electrons. The van der Waals surface area contributed by atoms with Crippen molar-refractivity contribution < 1.29 is 13.3 Å². The van der Waals surface area contributed by atoms with Crippen LogP contribution in [0.5, 0.6) is 0 Å². The quantitative estimate of drug-likeness (QED) is 0.457. The minimum Gasteiger partial charge on any atom is -0.393 e. The van der Waals surface area contributed by atoms with E-state index in [0.717, 1.165) is 25.7 Å². The van der Waals surface area contributed by atoms with Gasteiger partial charge in [0.05, 0.1) is 6.10 Å². The maximum absolute atomic E-state index is 11.1. The molecule has 30 heavy (non-hydrogen) atoms. The lowest BCUT2D eigenvalue weighted by Gasteiger charge is -2.60. The predicted molar refractivity (Wildman–Crippen MR) is 128 cm³/mol. The fourth-order valence-electron chi connectivity index (χ4n) is 8.49. The summed E-state index contributed by atoms with van der Waals surface area (Å²) >= 11 is 0. The van der Waals surface area contributed by atoms with Crippen LogP contribution in [0, 0.1) is 39.9 Å². The average molecular weight is 419 g/mol. The lowest BCUT2D eigenvalue weighted by atomic mass is 9.46. The summed E-state index contributed by atoms with van der Waals surface area (Å²) in [5.41, 5.74) is 2.02. The molecule has 0 saturated heterocycles. The van der Waals surface area contributed by atoms with E-state index in [1.165, 1.54) is 36.0 Å². The Labute approximate surface area is 195 Å². The zero-order valence-electron chi connectivity index (χ0n) is 26.0. The van der Waals surface area contributed by atoms with Crippen molar-refractivity contribution in [3.05, 3.63) is 22.8 Å². The third-order valence-corrected chi connectivity index (χ3v) is 10.2. The van der Waals surface area contributed by atoms with Crippen molar-refractivity contribution in [2.75, 3.05) is 0 Å². The molecule has 0 heterocycles. The lowest BCUT2D eigenvalue weighted by molar-refractivity contribution is -0.0931. The van der Waals surface area contributed by atoms with E-state index in [0.29, 0.717) is 30.6 Å². The van der Waals surface area contributed by atoms with Crippen LogP contribution in [0.25, 0.3) is 0 Å². The van der Waals surface area contributed by atoms with Gasteiger partial charge in [-0.2, -0.15) is 0 Å². The second-order valence-electron chi connectivity index (χ2n) is 12.0. The smallest absolute Gasteiger partial charge is 0.0594 e. The Morgan fingerprint density at radius 2 is 1.90 bits per heavy atom. The topological polar surface area (TPSA) is 20.2 Å². The molecule has 170 valence electrons. The molecule has 0 aromatic heterocycles. The van der Waals surface area contributed by atoms with Gasteiger partial charge in [0.25, 0.3) is 0 Å². The molecular formula is C29H48O. The Morgan fingerprint density at radius 3 is 2.60 bits per heavy atom. The van der Waals surface area contributed by atoms with E-state index < -0.39 is 36.6 Å². The van der Waals surface area contributed by atoms with E-state index in [9.17, 15) is 5.11 Å². The number of aliphatic hydroxyl groups is 1. The first-order chi connectivity index (χ1) is 16.5. The van der Waals surface area contributed by atoms with Gasteiger partial charge < -0.3 is 5.11 Å². The molecule has 2 saturated carbocycles. The van der Waals surface area contributed by atoms with Gasteiger partial charge in [0.1, 0.15) is 0 Å². The second kappa shape index (κ2) is 7.79. The standard InChI is InChI=1S/C29H48O/c1-19(2)9-8-10-20(3)22-12-13-23-21-11-14-25-27(4,5)26(30)16-18-29(25,7)24(21)15-17-28(22,23)6/h9,20,22-23,25-26,30H,8,10-18H2,1-7H3/t20-,22-,23+,25+,26+,28-,29-/m1/s1/i4D3,5D3. The fourth-order valence-corrected chi connectivity index (χ4v) is 8.49. The summed E-state index contributed by atoms with van der Waals surface area (Å²) in [5, 5.41) is 11.1. The molecule has 4 aliphatic rings. The van der Waals surface area contributed by atoms with Gasteiger partial charge in [-0.15, -0.1) is 0 Å². The minimum absolute atomic E-state index is 0.243. The van der Waals surface area contributed by atoms with Crippen LogP contribution in [0.15, 0.2) is 22.8 Å². The molecule has 1 heteroatoms. The Hall–Kier alpha value is -0.560. The van der Waals surface area contributed by atoms with Crippen LogP contribution in [-0.4, -0.2) is 11.2 Å². The van der Waals surface area contributed by atoms with Crippen molar-refractivity contribution in [3.8, 4) is 0 Å². The van der Waals surface area contributed by atoms with Crippen LogP contribution in [0.1, 0.15) is 121 Å². The molecule has 4 aliphatic carbocycles. The normalized spacial score (nSPS) is 47.3. The number of allylic oxidation sites excluding steroid dienone is 4. The molecule has 1 N–H and O–H groups in total. The third-order valence-electron chi connectivity index (χ3n) is 10.2. The van der Waals surface area contributed by atoms with Crippen LogP contribution in [0.4, 0.5) is 0 Å². The largest absolute Gasteiger partial charge is 0.393 e. The highest BCUT2D eigenvalue weighted by molar-refractivity contribution is 5.35. The summed E-state index contributed by atoms with van der Waals surface area (Å²) in [6.45, 7) is 5.92. The van der Waals surface area contributed by atoms with Gasteiger partial charge in [-0.3, -0.25) is 0 Å². The molecule has 1 nitrogen and oxygen atoms in total. The number of aliphatic hydroxyl groups excluding tert-OH is 1. The van der Waals surface area contributed by atoms with Crippen LogP contribution < -0.4 is 0 Å². The first-order valence-electron chi connectivity index (χ1n) is 15.6. The third kappa shape index (κ3) is 3.37. The molecule has 0 aliphatic heterocycles. The van der Waals surface area contributed by atoms with E-state index in [2.05, 4.69) is 40.7 Å². The molecule has 4 rings (SSSR count). The van der Waals surface area contributed by atoms with E-state index >= 15 is 0 Å². The van der Waals surface area contributed by atoms with Crippen LogP contribution in [0.2, 0.25) is 0 Å². The minimum atomic E-state index is -2.75. The predicted octanol–water partition coefficient (Wildman–Crippen LogP) is 8.09. The molecule has 0 spiro atoms. The number of fused-ring (bicyclic) bond motifs is 4. The number of rotatable bonds is 4. The van der Waals surface area contributed by atoms with Gasteiger partial charge in [0, 0.05) is 8.22 Å². The van der Waals surface area contributed by atoms with Gasteiger partial charge in [0.2, 0.25) is 0 Å². The van der Waals surface area contributed by atoms with Gasteiger partial charge in [-0.25, -0.2) is 0 Å². The molecule has 0 aromatic rings. The van der Waals surface area contributed by atoms with Crippen molar-refractivity contribution in [2.45, 2.75) is 119 Å². The first kappa shape index (κ1) is 16.1. The summed E-state index contributed by atoms with van der Waals surface area (Å²) in [4.78, 5) is 0. The monoisotopic (exact) mass is 418 g/mol. The highest BCUT2D eigenvalue weighted by Crippen LogP contribution is 2.68. The Kier molecular flexibility index (Phi) is 4.18. The van der Waals surface area contributed by atoms with Crippen molar-refractivity contribution >= 4 is 0 Å². The first-order valence-corrected chi connectivity index (χ1v) is 12.6.